The number of halogens is 2. The van der Waals surface area contributed by atoms with Crippen LogP contribution in [0.2, 0.25) is 0 Å². The van der Waals surface area contributed by atoms with E-state index in [1.54, 1.807) is 0 Å². The number of nitrogens with zero attached hydrogens (tertiary/aromatic N) is 1. The highest BCUT2D eigenvalue weighted by Gasteiger charge is 2.26. The molecule has 2 aromatic carbocycles. The topological polar surface area (TPSA) is 70.6 Å². The average Bonchev–Trinajstić information content (AvgIpc) is 2.60. The molecule has 4 N–H and O–H groups in total. The van der Waals surface area contributed by atoms with E-state index in [4.69, 9.17) is 5.73 Å². The largest absolute Gasteiger partial charge is 0.383 e. The highest BCUT2D eigenvalue weighted by Crippen LogP contribution is 2.25. The number of guanidine groups is 1. The van der Waals surface area contributed by atoms with Gasteiger partial charge < -0.3 is 16.2 Å². The summed E-state index contributed by atoms with van der Waals surface area (Å²) in [5.74, 6) is -0.940. The Kier molecular flexibility index (Phi) is 6.32. The highest BCUT2D eigenvalue weighted by molar-refractivity contribution is 5.92. The Morgan fingerprint density at radius 3 is 2.46 bits per heavy atom. The van der Waals surface area contributed by atoms with E-state index in [0.29, 0.717) is 5.92 Å². The van der Waals surface area contributed by atoms with Crippen LogP contribution in [0.15, 0.2) is 47.5 Å². The first-order valence-electron chi connectivity index (χ1n) is 8.57. The van der Waals surface area contributed by atoms with Crippen LogP contribution < -0.4 is 11.1 Å². The van der Waals surface area contributed by atoms with Crippen molar-refractivity contribution in [1.82, 2.24) is 0 Å². The van der Waals surface area contributed by atoms with E-state index in [9.17, 15) is 13.9 Å². The molecule has 0 spiro atoms. The molecule has 0 amide bonds. The first-order chi connectivity index (χ1) is 12.2. The van der Waals surface area contributed by atoms with E-state index in [0.717, 1.165) is 24.2 Å². The maximum atomic E-state index is 13.9. The summed E-state index contributed by atoms with van der Waals surface area (Å²) in [7, 11) is 0. The van der Waals surface area contributed by atoms with Gasteiger partial charge >= 0.3 is 0 Å². The molecule has 2 unspecified atom stereocenters. The predicted molar refractivity (Wildman–Crippen MR) is 101 cm³/mol. The summed E-state index contributed by atoms with van der Waals surface area (Å²) in [6.45, 7) is 5.53. The molecular weight excluding hydrogens is 336 g/mol. The van der Waals surface area contributed by atoms with Crippen molar-refractivity contribution in [3.8, 4) is 0 Å². The lowest BCUT2D eigenvalue weighted by Crippen LogP contribution is -2.30. The molecule has 0 fully saturated rings. The smallest absolute Gasteiger partial charge is 0.193 e. The van der Waals surface area contributed by atoms with Crippen molar-refractivity contribution in [3.05, 3.63) is 65.2 Å². The molecule has 26 heavy (non-hydrogen) atoms. The van der Waals surface area contributed by atoms with Gasteiger partial charge in [-0.25, -0.2) is 13.8 Å². The molecule has 2 rings (SSSR count). The fraction of sp³-hybridized carbons (Fsp3) is 0.350. The maximum Gasteiger partial charge on any atom is 0.193 e. The van der Waals surface area contributed by atoms with E-state index >= 15 is 0 Å². The van der Waals surface area contributed by atoms with Crippen LogP contribution in [0.5, 0.6) is 0 Å². The number of benzene rings is 2. The lowest BCUT2D eigenvalue weighted by atomic mass is 9.95. The molecule has 0 aromatic heterocycles. The highest BCUT2D eigenvalue weighted by atomic mass is 19.1. The molecule has 0 aliphatic carbocycles. The fourth-order valence-corrected chi connectivity index (χ4v) is 2.57. The minimum atomic E-state index is -1.61. The van der Waals surface area contributed by atoms with Gasteiger partial charge in [-0.3, -0.25) is 0 Å². The zero-order valence-electron chi connectivity index (χ0n) is 15.3. The van der Waals surface area contributed by atoms with Crippen molar-refractivity contribution >= 4 is 11.6 Å². The van der Waals surface area contributed by atoms with Crippen LogP contribution in [0, 0.1) is 11.6 Å². The molecular formula is C20H25F2N3O. The van der Waals surface area contributed by atoms with Crippen LogP contribution in [0.1, 0.15) is 44.2 Å². The van der Waals surface area contributed by atoms with Gasteiger partial charge in [-0.2, -0.15) is 0 Å². The Hall–Kier alpha value is -2.47. The SMILES string of the molecule is CCC(C)c1ccc(NC(N)=NCC(C)(O)c2ccc(F)cc2F)cc1. The van der Waals surface area contributed by atoms with Crippen LogP contribution in [-0.2, 0) is 5.60 Å². The van der Waals surface area contributed by atoms with Gasteiger partial charge in [-0.1, -0.05) is 32.0 Å². The molecule has 0 radical (unpaired) electrons. The third-order valence-electron chi connectivity index (χ3n) is 4.43. The Balaban J connectivity index is 2.05. The normalized spacial score (nSPS) is 15.4. The molecule has 0 saturated heterocycles. The van der Waals surface area contributed by atoms with Crippen molar-refractivity contribution in [1.29, 1.82) is 0 Å². The fourth-order valence-electron chi connectivity index (χ4n) is 2.57. The first-order valence-corrected chi connectivity index (χ1v) is 8.57. The third kappa shape index (κ3) is 5.02. The molecule has 2 atom stereocenters. The lowest BCUT2D eigenvalue weighted by molar-refractivity contribution is 0.0634. The predicted octanol–water partition coefficient (Wildman–Crippen LogP) is 4.11. The van der Waals surface area contributed by atoms with Crippen LogP contribution >= 0.6 is 0 Å². The second-order valence-corrected chi connectivity index (χ2v) is 6.66. The Morgan fingerprint density at radius 2 is 1.88 bits per heavy atom. The van der Waals surface area contributed by atoms with Crippen molar-refractivity contribution < 1.29 is 13.9 Å². The maximum absolute atomic E-state index is 13.9. The molecule has 0 aliphatic heterocycles. The number of nitrogens with one attached hydrogen (secondary N) is 1. The van der Waals surface area contributed by atoms with E-state index in [2.05, 4.69) is 24.2 Å². The molecule has 140 valence electrons. The second-order valence-electron chi connectivity index (χ2n) is 6.66. The summed E-state index contributed by atoms with van der Waals surface area (Å²) in [6.07, 6.45) is 1.06. The summed E-state index contributed by atoms with van der Waals surface area (Å²) in [4.78, 5) is 4.08. The Morgan fingerprint density at radius 1 is 1.23 bits per heavy atom. The Labute approximate surface area is 152 Å². The minimum absolute atomic E-state index is 0.0339. The number of hydrogen-bond donors (Lipinski definition) is 3. The Bertz CT molecular complexity index is 773. The average molecular weight is 361 g/mol. The summed E-state index contributed by atoms with van der Waals surface area (Å²) < 4.78 is 26.9. The van der Waals surface area contributed by atoms with Gasteiger partial charge in [0.05, 0.1) is 6.54 Å². The summed E-state index contributed by atoms with van der Waals surface area (Å²) in [6, 6.07) is 10.9. The van der Waals surface area contributed by atoms with E-state index in [-0.39, 0.29) is 18.1 Å². The summed E-state index contributed by atoms with van der Waals surface area (Å²) in [5.41, 5.74) is 6.22. The van der Waals surface area contributed by atoms with Gasteiger partial charge in [0.2, 0.25) is 0 Å². The van der Waals surface area contributed by atoms with Gasteiger partial charge in [0, 0.05) is 17.3 Å². The molecule has 0 saturated carbocycles. The van der Waals surface area contributed by atoms with Gasteiger partial charge in [-0.15, -0.1) is 0 Å². The third-order valence-corrected chi connectivity index (χ3v) is 4.43. The van der Waals surface area contributed by atoms with Crippen molar-refractivity contribution in [2.75, 3.05) is 11.9 Å². The zero-order chi connectivity index (χ0) is 19.3. The minimum Gasteiger partial charge on any atom is -0.383 e. The van der Waals surface area contributed by atoms with E-state index in [1.165, 1.54) is 18.6 Å². The van der Waals surface area contributed by atoms with Gasteiger partial charge in [0.25, 0.3) is 0 Å². The van der Waals surface area contributed by atoms with Crippen LogP contribution in [0.3, 0.4) is 0 Å². The number of aliphatic imine (C=N–C) groups is 1. The van der Waals surface area contributed by atoms with Gasteiger partial charge in [0.1, 0.15) is 17.2 Å². The second kappa shape index (κ2) is 8.27. The van der Waals surface area contributed by atoms with Crippen molar-refractivity contribution in [2.45, 2.75) is 38.7 Å². The lowest BCUT2D eigenvalue weighted by Gasteiger charge is -2.22. The summed E-state index contributed by atoms with van der Waals surface area (Å²) in [5, 5.41) is 13.4. The molecule has 2 aromatic rings. The monoisotopic (exact) mass is 361 g/mol. The number of anilines is 1. The molecule has 0 bridgehead atoms. The number of rotatable bonds is 6. The molecule has 4 nitrogen and oxygen atoms in total. The van der Waals surface area contributed by atoms with Crippen molar-refractivity contribution in [2.24, 2.45) is 10.7 Å². The quantitative estimate of drug-likeness (QED) is 0.536. The first kappa shape index (κ1) is 19.8. The van der Waals surface area contributed by atoms with Gasteiger partial charge in [0.15, 0.2) is 5.96 Å². The molecule has 6 heteroatoms. The van der Waals surface area contributed by atoms with Crippen LogP contribution in [0.4, 0.5) is 14.5 Å². The molecule has 0 aliphatic rings. The van der Waals surface area contributed by atoms with Gasteiger partial charge in [-0.05, 0) is 43.0 Å². The number of aliphatic hydroxyl groups is 1. The standard InChI is InChI=1S/C20H25F2N3O/c1-4-13(2)14-5-8-16(9-6-14)25-19(23)24-12-20(3,26)17-10-7-15(21)11-18(17)22/h5-11,13,26H,4,12H2,1-3H3,(H3,23,24,25). The van der Waals surface area contributed by atoms with E-state index in [1.807, 2.05) is 24.3 Å². The van der Waals surface area contributed by atoms with Crippen LogP contribution in [-0.4, -0.2) is 17.6 Å². The zero-order valence-corrected chi connectivity index (χ0v) is 15.3. The van der Waals surface area contributed by atoms with Crippen molar-refractivity contribution in [3.63, 3.8) is 0 Å². The van der Waals surface area contributed by atoms with E-state index < -0.39 is 17.2 Å². The number of hydrogen-bond acceptors (Lipinski definition) is 2. The molecule has 0 heterocycles. The van der Waals surface area contributed by atoms with Crippen LogP contribution in [0.25, 0.3) is 0 Å². The number of nitrogens with two attached hydrogens (primary N) is 1. The summed E-state index contributed by atoms with van der Waals surface area (Å²) >= 11 is 0.